The first-order valence-corrected chi connectivity index (χ1v) is 8.37. The van der Waals surface area contributed by atoms with E-state index in [2.05, 4.69) is 21.8 Å². The molecular formula is C19H23FN4O. The number of hydrogen-bond acceptors (Lipinski definition) is 4. The largest absolute Gasteiger partial charge is 0.494 e. The molecule has 0 saturated heterocycles. The van der Waals surface area contributed by atoms with Gasteiger partial charge in [-0.1, -0.05) is 13.0 Å². The number of hydrogen-bond donors (Lipinski definition) is 0. The number of halogens is 1. The average molecular weight is 342 g/mol. The van der Waals surface area contributed by atoms with Crippen molar-refractivity contribution in [1.29, 1.82) is 0 Å². The van der Waals surface area contributed by atoms with Crippen LogP contribution in [0.3, 0.4) is 0 Å². The molecule has 0 saturated carbocycles. The van der Waals surface area contributed by atoms with Crippen molar-refractivity contribution in [3.05, 3.63) is 58.9 Å². The second kappa shape index (κ2) is 7.19. The molecule has 0 aliphatic heterocycles. The average Bonchev–Trinajstić information content (AvgIpc) is 2.97. The van der Waals surface area contributed by atoms with Gasteiger partial charge in [-0.15, -0.1) is 0 Å². The molecule has 1 aromatic carbocycles. The summed E-state index contributed by atoms with van der Waals surface area (Å²) in [6.07, 6.45) is 2.02. The van der Waals surface area contributed by atoms with Crippen LogP contribution in [0.4, 0.5) is 4.39 Å². The lowest BCUT2D eigenvalue weighted by atomic mass is 10.2. The maximum atomic E-state index is 13.9. The molecule has 132 valence electrons. The third-order valence-electron chi connectivity index (χ3n) is 4.27. The number of rotatable bonds is 6. The lowest BCUT2D eigenvalue weighted by molar-refractivity contribution is 0.268. The fourth-order valence-electron chi connectivity index (χ4n) is 2.97. The number of aryl methyl sites for hydroxylation is 2. The lowest BCUT2D eigenvalue weighted by Gasteiger charge is -2.19. The van der Waals surface area contributed by atoms with Crippen molar-refractivity contribution >= 4 is 5.78 Å². The molecule has 5 nitrogen and oxygen atoms in total. The summed E-state index contributed by atoms with van der Waals surface area (Å²) < 4.78 is 20.9. The summed E-state index contributed by atoms with van der Waals surface area (Å²) >= 11 is 0. The van der Waals surface area contributed by atoms with E-state index in [4.69, 9.17) is 4.74 Å². The number of nitrogens with zero attached hydrogens (tertiary/aromatic N) is 4. The summed E-state index contributed by atoms with van der Waals surface area (Å²) in [6.45, 7) is 8.28. The number of ether oxygens (including phenoxy) is 1. The topological polar surface area (TPSA) is 42.7 Å². The normalized spacial score (nSPS) is 11.4. The van der Waals surface area contributed by atoms with Crippen molar-refractivity contribution in [3.63, 3.8) is 0 Å². The molecule has 6 heteroatoms. The summed E-state index contributed by atoms with van der Waals surface area (Å²) in [7, 11) is 1.47. The first-order chi connectivity index (χ1) is 12.0. The minimum Gasteiger partial charge on any atom is -0.494 e. The van der Waals surface area contributed by atoms with Gasteiger partial charge in [-0.3, -0.25) is 9.30 Å². The SMILES string of the molecule is CCN(Cc1ccc(OC)c(F)c1)Cc1cn2c(C)cc(C)nc2n1. The van der Waals surface area contributed by atoms with E-state index in [0.717, 1.165) is 35.0 Å². The predicted octanol–water partition coefficient (Wildman–Crippen LogP) is 3.52. The van der Waals surface area contributed by atoms with Gasteiger partial charge in [-0.05, 0) is 44.2 Å². The first-order valence-electron chi connectivity index (χ1n) is 8.37. The van der Waals surface area contributed by atoms with Crippen LogP contribution in [0.1, 0.15) is 29.6 Å². The minimum absolute atomic E-state index is 0.268. The van der Waals surface area contributed by atoms with Crippen LogP contribution in [0, 0.1) is 19.7 Å². The third-order valence-corrected chi connectivity index (χ3v) is 4.27. The third kappa shape index (κ3) is 3.79. The van der Waals surface area contributed by atoms with Crippen LogP contribution < -0.4 is 4.74 Å². The number of aromatic nitrogens is 3. The van der Waals surface area contributed by atoms with E-state index in [1.54, 1.807) is 6.07 Å². The molecule has 0 atom stereocenters. The molecule has 0 spiro atoms. The van der Waals surface area contributed by atoms with Crippen LogP contribution in [0.15, 0.2) is 30.5 Å². The van der Waals surface area contributed by atoms with Crippen LogP contribution in [0.25, 0.3) is 5.78 Å². The monoisotopic (exact) mass is 342 g/mol. The van der Waals surface area contributed by atoms with Gasteiger partial charge >= 0.3 is 0 Å². The quantitative estimate of drug-likeness (QED) is 0.687. The molecule has 0 bridgehead atoms. The number of benzene rings is 1. The van der Waals surface area contributed by atoms with Gasteiger partial charge in [0.15, 0.2) is 11.6 Å². The molecule has 0 aliphatic carbocycles. The highest BCUT2D eigenvalue weighted by molar-refractivity contribution is 5.35. The molecule has 0 unspecified atom stereocenters. The Bertz CT molecular complexity index is 891. The molecule has 3 aromatic rings. The predicted molar refractivity (Wildman–Crippen MR) is 95.2 cm³/mol. The number of methoxy groups -OCH3 is 1. The van der Waals surface area contributed by atoms with Crippen molar-refractivity contribution in [2.45, 2.75) is 33.9 Å². The zero-order valence-electron chi connectivity index (χ0n) is 15.1. The molecule has 0 amide bonds. The van der Waals surface area contributed by atoms with E-state index in [-0.39, 0.29) is 11.6 Å². The van der Waals surface area contributed by atoms with Crippen molar-refractivity contribution in [2.24, 2.45) is 0 Å². The molecular weight excluding hydrogens is 319 g/mol. The fraction of sp³-hybridized carbons (Fsp3) is 0.368. The summed E-state index contributed by atoms with van der Waals surface area (Å²) in [5.74, 6) is 0.655. The Kier molecular flexibility index (Phi) is 4.99. The highest BCUT2D eigenvalue weighted by atomic mass is 19.1. The van der Waals surface area contributed by atoms with E-state index < -0.39 is 0 Å². The van der Waals surface area contributed by atoms with Crippen molar-refractivity contribution < 1.29 is 9.13 Å². The maximum Gasteiger partial charge on any atom is 0.234 e. The van der Waals surface area contributed by atoms with E-state index in [9.17, 15) is 4.39 Å². The van der Waals surface area contributed by atoms with Gasteiger partial charge in [0, 0.05) is 30.7 Å². The van der Waals surface area contributed by atoms with Crippen LogP contribution in [-0.4, -0.2) is 32.9 Å². The Morgan fingerprint density at radius 1 is 1.16 bits per heavy atom. The highest BCUT2D eigenvalue weighted by Crippen LogP contribution is 2.19. The van der Waals surface area contributed by atoms with Crippen LogP contribution in [-0.2, 0) is 13.1 Å². The Balaban J connectivity index is 1.78. The highest BCUT2D eigenvalue weighted by Gasteiger charge is 2.12. The van der Waals surface area contributed by atoms with Gasteiger partial charge in [0.2, 0.25) is 5.78 Å². The van der Waals surface area contributed by atoms with Gasteiger partial charge < -0.3 is 4.74 Å². The van der Waals surface area contributed by atoms with Crippen LogP contribution in [0.2, 0.25) is 0 Å². The summed E-state index contributed by atoms with van der Waals surface area (Å²) in [4.78, 5) is 11.3. The van der Waals surface area contributed by atoms with Crippen molar-refractivity contribution in [3.8, 4) is 5.75 Å². The molecule has 0 radical (unpaired) electrons. The molecule has 0 aliphatic rings. The smallest absolute Gasteiger partial charge is 0.234 e. The van der Waals surface area contributed by atoms with E-state index in [0.29, 0.717) is 13.1 Å². The second-order valence-corrected chi connectivity index (χ2v) is 6.21. The molecule has 25 heavy (non-hydrogen) atoms. The Morgan fingerprint density at radius 3 is 2.64 bits per heavy atom. The fourth-order valence-corrected chi connectivity index (χ4v) is 2.97. The standard InChI is InChI=1S/C19H23FN4O/c1-5-23(10-15-6-7-18(25-4)17(20)9-15)11-16-12-24-14(3)8-13(2)21-19(24)22-16/h6-9,12H,5,10-11H2,1-4H3. The van der Waals surface area contributed by atoms with Gasteiger partial charge in [0.05, 0.1) is 12.8 Å². The lowest BCUT2D eigenvalue weighted by Crippen LogP contribution is -2.22. The van der Waals surface area contributed by atoms with Crippen molar-refractivity contribution in [2.75, 3.05) is 13.7 Å². The molecule has 3 rings (SSSR count). The first kappa shape index (κ1) is 17.4. The number of fused-ring (bicyclic) bond motifs is 1. The molecule has 0 fully saturated rings. The Hall–Kier alpha value is -2.47. The summed E-state index contributed by atoms with van der Waals surface area (Å²) in [5.41, 5.74) is 3.94. The zero-order valence-corrected chi connectivity index (χ0v) is 15.1. The van der Waals surface area contributed by atoms with E-state index >= 15 is 0 Å². The maximum absolute atomic E-state index is 13.9. The summed E-state index contributed by atoms with van der Waals surface area (Å²) in [5, 5.41) is 0. The van der Waals surface area contributed by atoms with Gasteiger partial charge in [0.25, 0.3) is 0 Å². The molecule has 2 heterocycles. The molecule has 0 N–H and O–H groups in total. The van der Waals surface area contributed by atoms with Crippen molar-refractivity contribution in [1.82, 2.24) is 19.3 Å². The van der Waals surface area contributed by atoms with Crippen LogP contribution in [0.5, 0.6) is 5.75 Å². The van der Waals surface area contributed by atoms with Gasteiger partial charge in [0.1, 0.15) is 0 Å². The van der Waals surface area contributed by atoms with Gasteiger partial charge in [-0.2, -0.15) is 0 Å². The second-order valence-electron chi connectivity index (χ2n) is 6.21. The number of imidazole rings is 1. The van der Waals surface area contributed by atoms with E-state index in [1.807, 2.05) is 36.6 Å². The molecule has 2 aromatic heterocycles. The Labute approximate surface area is 147 Å². The van der Waals surface area contributed by atoms with Crippen LogP contribution >= 0.6 is 0 Å². The zero-order chi connectivity index (χ0) is 18.0. The summed E-state index contributed by atoms with van der Waals surface area (Å²) in [6, 6.07) is 7.12. The van der Waals surface area contributed by atoms with Gasteiger partial charge in [-0.25, -0.2) is 14.4 Å². The Morgan fingerprint density at radius 2 is 1.96 bits per heavy atom. The van der Waals surface area contributed by atoms with E-state index in [1.165, 1.54) is 13.2 Å². The minimum atomic E-state index is -0.334.